The second kappa shape index (κ2) is 9.74. The molecule has 0 spiro atoms. The van der Waals surface area contributed by atoms with Crippen LogP contribution in [0.4, 0.5) is 5.69 Å². The number of sulfonamides is 1. The molecule has 0 saturated carbocycles. The molecular weight excluding hydrogens is 344 g/mol. The van der Waals surface area contributed by atoms with E-state index < -0.39 is 16.0 Å². The fourth-order valence-corrected chi connectivity index (χ4v) is 3.12. The van der Waals surface area contributed by atoms with Gasteiger partial charge in [-0.15, -0.1) is 0 Å². The van der Waals surface area contributed by atoms with E-state index >= 15 is 0 Å². The number of carboxylic acid groups (broad SMARTS) is 1. The molecule has 0 amide bonds. The minimum Gasteiger partial charge on any atom is -0.478 e. The number of benzene rings is 1. The van der Waals surface area contributed by atoms with Gasteiger partial charge in [0.1, 0.15) is 0 Å². The summed E-state index contributed by atoms with van der Waals surface area (Å²) in [6.45, 7) is 9.10. The van der Waals surface area contributed by atoms with Gasteiger partial charge in [0.2, 0.25) is 10.0 Å². The standard InChI is InChI=1S/C17H28N2O5S/c1-12(2)11-18-16-7-6-14(10-15(16)17(20)21)25(22,23)19-8-5-9-24-13(3)4/h6-7,10,12-13,18-19H,5,8-9,11H2,1-4H3,(H,20,21). The van der Waals surface area contributed by atoms with Crippen molar-refractivity contribution in [3.63, 3.8) is 0 Å². The van der Waals surface area contributed by atoms with Crippen LogP contribution in [0.15, 0.2) is 23.1 Å². The van der Waals surface area contributed by atoms with Crippen molar-refractivity contribution < 1.29 is 23.1 Å². The number of aromatic carboxylic acids is 1. The van der Waals surface area contributed by atoms with Gasteiger partial charge in [-0.3, -0.25) is 0 Å². The van der Waals surface area contributed by atoms with Crippen LogP contribution in [-0.2, 0) is 14.8 Å². The molecule has 0 saturated heterocycles. The number of ether oxygens (including phenoxy) is 1. The summed E-state index contributed by atoms with van der Waals surface area (Å²) in [5.74, 6) is -0.839. The number of carbonyl (C=O) groups is 1. The Balaban J connectivity index is 2.82. The smallest absolute Gasteiger partial charge is 0.337 e. The lowest BCUT2D eigenvalue weighted by Crippen LogP contribution is -2.26. The van der Waals surface area contributed by atoms with Crippen LogP contribution in [0.2, 0.25) is 0 Å². The highest BCUT2D eigenvalue weighted by atomic mass is 32.2. The highest BCUT2D eigenvalue weighted by molar-refractivity contribution is 7.89. The van der Waals surface area contributed by atoms with Crippen molar-refractivity contribution in [2.45, 2.75) is 45.1 Å². The first kappa shape index (κ1) is 21.4. The third-order valence-electron chi connectivity index (χ3n) is 3.30. The number of carboxylic acids is 1. The summed E-state index contributed by atoms with van der Waals surface area (Å²) in [4.78, 5) is 11.4. The predicted octanol–water partition coefficient (Wildman–Crippen LogP) is 2.55. The minimum atomic E-state index is -3.76. The van der Waals surface area contributed by atoms with E-state index in [1.165, 1.54) is 18.2 Å². The van der Waals surface area contributed by atoms with E-state index in [0.717, 1.165) is 0 Å². The summed E-state index contributed by atoms with van der Waals surface area (Å²) < 4.78 is 32.4. The van der Waals surface area contributed by atoms with Gasteiger partial charge in [0.15, 0.2) is 0 Å². The van der Waals surface area contributed by atoms with Gasteiger partial charge >= 0.3 is 5.97 Å². The Morgan fingerprint density at radius 3 is 2.48 bits per heavy atom. The van der Waals surface area contributed by atoms with E-state index in [1.807, 2.05) is 27.7 Å². The molecule has 0 unspecified atom stereocenters. The minimum absolute atomic E-state index is 0.0633. The van der Waals surface area contributed by atoms with Crippen molar-refractivity contribution in [3.05, 3.63) is 23.8 Å². The average molecular weight is 372 g/mol. The lowest BCUT2D eigenvalue weighted by Gasteiger charge is -2.14. The second-order valence-corrected chi connectivity index (χ2v) is 8.23. The van der Waals surface area contributed by atoms with Gasteiger partial charge in [-0.25, -0.2) is 17.9 Å². The zero-order valence-electron chi connectivity index (χ0n) is 15.2. The number of anilines is 1. The Bertz CT molecular complexity index is 672. The fourth-order valence-electron chi connectivity index (χ4n) is 2.02. The Morgan fingerprint density at radius 1 is 1.24 bits per heavy atom. The maximum absolute atomic E-state index is 12.3. The summed E-state index contributed by atoms with van der Waals surface area (Å²) >= 11 is 0. The Labute approximate surface area is 149 Å². The third kappa shape index (κ3) is 7.41. The van der Waals surface area contributed by atoms with Crippen LogP contribution in [0.3, 0.4) is 0 Å². The van der Waals surface area contributed by atoms with E-state index in [0.29, 0.717) is 31.2 Å². The molecule has 1 aromatic carbocycles. The molecule has 0 atom stereocenters. The van der Waals surface area contributed by atoms with E-state index in [9.17, 15) is 18.3 Å². The van der Waals surface area contributed by atoms with Crippen LogP contribution in [-0.4, -0.2) is 45.3 Å². The molecule has 0 radical (unpaired) electrons. The van der Waals surface area contributed by atoms with Crippen molar-refractivity contribution >= 4 is 21.7 Å². The van der Waals surface area contributed by atoms with Crippen molar-refractivity contribution in [3.8, 4) is 0 Å². The number of rotatable bonds is 11. The number of hydrogen-bond donors (Lipinski definition) is 3. The normalized spacial score (nSPS) is 11.9. The molecule has 7 nitrogen and oxygen atoms in total. The molecule has 3 N–H and O–H groups in total. The highest BCUT2D eigenvalue weighted by Gasteiger charge is 2.18. The second-order valence-electron chi connectivity index (χ2n) is 6.46. The Kier molecular flexibility index (Phi) is 8.34. The van der Waals surface area contributed by atoms with Crippen LogP contribution in [0.25, 0.3) is 0 Å². The van der Waals surface area contributed by atoms with Gasteiger partial charge in [-0.05, 0) is 44.4 Å². The van der Waals surface area contributed by atoms with E-state index in [2.05, 4.69) is 10.0 Å². The first-order valence-electron chi connectivity index (χ1n) is 8.36. The van der Waals surface area contributed by atoms with Gasteiger partial charge in [0, 0.05) is 25.4 Å². The summed E-state index contributed by atoms with van der Waals surface area (Å²) in [6, 6.07) is 4.07. The monoisotopic (exact) mass is 372 g/mol. The lowest BCUT2D eigenvalue weighted by atomic mass is 10.1. The zero-order valence-corrected chi connectivity index (χ0v) is 16.0. The predicted molar refractivity (Wildman–Crippen MR) is 97.6 cm³/mol. The van der Waals surface area contributed by atoms with Gasteiger partial charge in [0.25, 0.3) is 0 Å². The molecule has 8 heteroatoms. The van der Waals surface area contributed by atoms with Crippen LogP contribution in [0, 0.1) is 5.92 Å². The molecule has 0 aliphatic heterocycles. The molecule has 0 heterocycles. The Morgan fingerprint density at radius 2 is 1.92 bits per heavy atom. The van der Waals surface area contributed by atoms with Gasteiger partial charge in [0.05, 0.1) is 16.6 Å². The maximum Gasteiger partial charge on any atom is 0.337 e. The summed E-state index contributed by atoms with van der Waals surface area (Å²) in [5.41, 5.74) is 0.345. The topological polar surface area (TPSA) is 105 Å². The molecular formula is C17H28N2O5S. The SMILES string of the molecule is CC(C)CNc1ccc(S(=O)(=O)NCCCOC(C)C)cc1C(=O)O. The molecule has 0 bridgehead atoms. The molecule has 0 fully saturated rings. The van der Waals surface area contributed by atoms with Gasteiger partial charge in [-0.1, -0.05) is 13.8 Å². The summed E-state index contributed by atoms with van der Waals surface area (Å²) in [5, 5.41) is 12.4. The first-order chi connectivity index (χ1) is 11.6. The summed E-state index contributed by atoms with van der Waals surface area (Å²) in [6.07, 6.45) is 0.637. The third-order valence-corrected chi connectivity index (χ3v) is 4.76. The molecule has 0 aliphatic carbocycles. The number of nitrogens with one attached hydrogen (secondary N) is 2. The van der Waals surface area contributed by atoms with Gasteiger partial charge < -0.3 is 15.2 Å². The zero-order chi connectivity index (χ0) is 19.0. The Hall–Kier alpha value is -1.64. The maximum atomic E-state index is 12.3. The lowest BCUT2D eigenvalue weighted by molar-refractivity contribution is 0.0697. The van der Waals surface area contributed by atoms with Crippen molar-refractivity contribution in [1.82, 2.24) is 4.72 Å². The number of hydrogen-bond acceptors (Lipinski definition) is 5. The molecule has 1 rings (SSSR count). The largest absolute Gasteiger partial charge is 0.478 e. The molecule has 25 heavy (non-hydrogen) atoms. The fraction of sp³-hybridized carbons (Fsp3) is 0.588. The van der Waals surface area contributed by atoms with E-state index in [4.69, 9.17) is 4.74 Å². The van der Waals surface area contributed by atoms with Crippen LogP contribution < -0.4 is 10.0 Å². The molecule has 0 aliphatic rings. The van der Waals surface area contributed by atoms with Crippen molar-refractivity contribution in [2.24, 2.45) is 5.92 Å². The molecule has 1 aromatic rings. The van der Waals surface area contributed by atoms with Crippen LogP contribution >= 0.6 is 0 Å². The quantitative estimate of drug-likeness (QED) is 0.516. The first-order valence-corrected chi connectivity index (χ1v) is 9.84. The van der Waals surface area contributed by atoms with E-state index in [-0.39, 0.29) is 23.1 Å². The van der Waals surface area contributed by atoms with Crippen molar-refractivity contribution in [2.75, 3.05) is 25.0 Å². The van der Waals surface area contributed by atoms with Crippen LogP contribution in [0.5, 0.6) is 0 Å². The molecule has 0 aromatic heterocycles. The average Bonchev–Trinajstić information content (AvgIpc) is 2.51. The van der Waals surface area contributed by atoms with E-state index in [1.54, 1.807) is 0 Å². The molecule has 142 valence electrons. The van der Waals surface area contributed by atoms with Gasteiger partial charge in [-0.2, -0.15) is 0 Å². The summed E-state index contributed by atoms with van der Waals surface area (Å²) in [7, 11) is -3.76. The van der Waals surface area contributed by atoms with Crippen LogP contribution in [0.1, 0.15) is 44.5 Å². The van der Waals surface area contributed by atoms with Crippen molar-refractivity contribution in [1.29, 1.82) is 0 Å². The highest BCUT2D eigenvalue weighted by Crippen LogP contribution is 2.21.